The summed E-state index contributed by atoms with van der Waals surface area (Å²) < 4.78 is 64.6. The van der Waals surface area contributed by atoms with Gasteiger partial charge in [-0.3, -0.25) is 9.35 Å². The van der Waals surface area contributed by atoms with E-state index in [-0.39, 0.29) is 5.92 Å². The van der Waals surface area contributed by atoms with E-state index in [1.165, 1.54) is 5.56 Å². The predicted molar refractivity (Wildman–Crippen MR) is 129 cm³/mol. The summed E-state index contributed by atoms with van der Waals surface area (Å²) in [5, 5.41) is 13.3. The lowest BCUT2D eigenvalue weighted by Crippen LogP contribution is -2.36. The molecule has 196 valence electrons. The van der Waals surface area contributed by atoms with Crippen LogP contribution in [0, 0.1) is 5.92 Å². The van der Waals surface area contributed by atoms with E-state index in [0.717, 1.165) is 54.6 Å². The van der Waals surface area contributed by atoms with Gasteiger partial charge in [-0.25, -0.2) is 4.98 Å². The van der Waals surface area contributed by atoms with Crippen LogP contribution in [0.1, 0.15) is 31.2 Å². The van der Waals surface area contributed by atoms with Crippen LogP contribution >= 0.6 is 11.3 Å². The lowest BCUT2D eigenvalue weighted by Gasteiger charge is -2.27. The Bertz CT molecular complexity index is 1220. The summed E-state index contributed by atoms with van der Waals surface area (Å²) in [4.78, 5) is 15.5. The molecule has 0 saturated heterocycles. The maximum absolute atomic E-state index is 11.0. The number of alkyl halides is 3. The molecule has 1 fully saturated rings. The van der Waals surface area contributed by atoms with Crippen molar-refractivity contribution in [1.82, 2.24) is 10.3 Å². The van der Waals surface area contributed by atoms with E-state index in [4.69, 9.17) is 22.8 Å². The van der Waals surface area contributed by atoms with Crippen molar-refractivity contribution in [2.24, 2.45) is 5.92 Å². The molecule has 1 aliphatic rings. The zero-order valence-electron chi connectivity index (χ0n) is 18.9. The molecule has 36 heavy (non-hydrogen) atoms. The molecular weight excluding hydrogens is 521 g/mol. The van der Waals surface area contributed by atoms with Crippen molar-refractivity contribution in [2.75, 3.05) is 6.54 Å². The normalized spacial score (nSPS) is 18.3. The Labute approximate surface area is 209 Å². The highest BCUT2D eigenvalue weighted by Crippen LogP contribution is 2.31. The summed E-state index contributed by atoms with van der Waals surface area (Å²) in [5.41, 5.74) is -3.32. The van der Waals surface area contributed by atoms with Crippen LogP contribution in [0.15, 0.2) is 48.5 Å². The average molecular weight is 547 g/mol. The number of benzene rings is 2. The van der Waals surface area contributed by atoms with E-state index in [2.05, 4.69) is 22.4 Å². The number of hydrogen-bond donors (Lipinski definition) is 3. The topological polar surface area (TPSA) is 126 Å². The number of nitrogens with zero attached hydrogens (tertiary/aromatic N) is 1. The number of aromatic nitrogens is 1. The van der Waals surface area contributed by atoms with Crippen molar-refractivity contribution in [3.63, 3.8) is 0 Å². The van der Waals surface area contributed by atoms with Crippen LogP contribution in [0.4, 0.5) is 13.2 Å². The minimum absolute atomic E-state index is 0.152. The fraction of sp³-hybridized carbons (Fsp3) is 0.391. The molecule has 0 aliphatic heterocycles. The van der Waals surface area contributed by atoms with Crippen molar-refractivity contribution >= 4 is 37.6 Å². The van der Waals surface area contributed by atoms with Crippen LogP contribution in [0.2, 0.25) is 0 Å². The first-order valence-electron chi connectivity index (χ1n) is 11.0. The van der Waals surface area contributed by atoms with Crippen molar-refractivity contribution < 1.29 is 40.8 Å². The molecule has 4 rings (SSSR count). The monoisotopic (exact) mass is 546 g/mol. The summed E-state index contributed by atoms with van der Waals surface area (Å²) in [7, 11) is -5.84. The number of nitrogens with one attached hydrogen (secondary N) is 1. The molecule has 0 radical (unpaired) electrons. The van der Waals surface area contributed by atoms with Gasteiger partial charge in [-0.15, -0.1) is 0 Å². The predicted octanol–water partition coefficient (Wildman–Crippen LogP) is 5.26. The largest absolute Gasteiger partial charge is 0.522 e. The number of para-hydroxylation sites is 1. The number of carbonyl (C=O) groups is 1. The van der Waals surface area contributed by atoms with Crippen LogP contribution in [0.5, 0.6) is 10.9 Å². The standard InChI is InChI=1S/C22H24N2O3S.CHF3O3S/c25-21(26)16-7-9-17(10-8-16)23-14-13-15-5-11-18(12-6-15)27-22-24-19-3-1-2-4-20(19)28-22;2-1(3,4)8(5,6)7/h1-6,11-12,16-17,23H,7-10,13-14H2,(H,25,26);(H,5,6,7). The van der Waals surface area contributed by atoms with Gasteiger partial charge in [-0.1, -0.05) is 35.6 Å². The quantitative estimate of drug-likeness (QED) is 0.271. The third-order valence-electron chi connectivity index (χ3n) is 5.62. The Morgan fingerprint density at radius 1 is 1.08 bits per heavy atom. The Balaban J connectivity index is 0.000000392. The van der Waals surface area contributed by atoms with Gasteiger partial charge in [0.05, 0.1) is 16.1 Å². The number of carboxylic acid groups (broad SMARTS) is 1. The van der Waals surface area contributed by atoms with Crippen LogP contribution in [0.25, 0.3) is 10.2 Å². The number of halogens is 3. The molecule has 1 saturated carbocycles. The second-order valence-electron chi connectivity index (χ2n) is 8.21. The number of thiazole rings is 1. The fourth-order valence-electron chi connectivity index (χ4n) is 3.68. The maximum Gasteiger partial charge on any atom is 0.522 e. The Morgan fingerprint density at radius 2 is 1.69 bits per heavy atom. The lowest BCUT2D eigenvalue weighted by atomic mass is 9.86. The highest BCUT2D eigenvalue weighted by Gasteiger charge is 2.44. The molecule has 1 heterocycles. The zero-order valence-corrected chi connectivity index (χ0v) is 20.6. The molecule has 1 aliphatic carbocycles. The van der Waals surface area contributed by atoms with Gasteiger partial charge in [0.15, 0.2) is 0 Å². The van der Waals surface area contributed by atoms with Crippen molar-refractivity contribution in [3.05, 3.63) is 54.1 Å². The Hall–Kier alpha value is -2.74. The van der Waals surface area contributed by atoms with Gasteiger partial charge in [0.1, 0.15) is 5.75 Å². The van der Waals surface area contributed by atoms with Gasteiger partial charge < -0.3 is 15.2 Å². The van der Waals surface area contributed by atoms with E-state index < -0.39 is 21.6 Å². The molecule has 3 aromatic rings. The lowest BCUT2D eigenvalue weighted by molar-refractivity contribution is -0.142. The fourth-order valence-corrected chi connectivity index (χ4v) is 4.52. The van der Waals surface area contributed by atoms with E-state index in [1.807, 2.05) is 36.4 Å². The Morgan fingerprint density at radius 3 is 2.25 bits per heavy atom. The second kappa shape index (κ2) is 12.0. The van der Waals surface area contributed by atoms with Gasteiger partial charge in [0.2, 0.25) is 0 Å². The van der Waals surface area contributed by atoms with Crippen LogP contribution in [-0.4, -0.2) is 47.1 Å². The highest BCUT2D eigenvalue weighted by molar-refractivity contribution is 7.86. The van der Waals surface area contributed by atoms with Gasteiger partial charge in [0, 0.05) is 6.04 Å². The first-order chi connectivity index (χ1) is 16.9. The number of rotatable bonds is 7. The molecule has 13 heteroatoms. The van der Waals surface area contributed by atoms with Crippen molar-refractivity contribution in [3.8, 4) is 10.9 Å². The van der Waals surface area contributed by atoms with E-state index in [0.29, 0.717) is 11.2 Å². The molecule has 2 aromatic carbocycles. The van der Waals surface area contributed by atoms with Crippen LogP contribution < -0.4 is 10.1 Å². The molecule has 0 bridgehead atoms. The van der Waals surface area contributed by atoms with E-state index >= 15 is 0 Å². The summed E-state index contributed by atoms with van der Waals surface area (Å²) >= 11 is 1.55. The molecule has 0 amide bonds. The third-order valence-corrected chi connectivity index (χ3v) is 7.12. The molecule has 0 atom stereocenters. The summed E-state index contributed by atoms with van der Waals surface area (Å²) in [5.74, 6) is -0.00427. The minimum Gasteiger partial charge on any atom is -0.481 e. The summed E-state index contributed by atoms with van der Waals surface area (Å²) in [6.45, 7) is 0.903. The molecule has 8 nitrogen and oxygen atoms in total. The van der Waals surface area contributed by atoms with Crippen molar-refractivity contribution in [1.29, 1.82) is 0 Å². The van der Waals surface area contributed by atoms with Gasteiger partial charge >= 0.3 is 21.6 Å². The third kappa shape index (κ3) is 8.15. The minimum atomic E-state index is -5.84. The van der Waals surface area contributed by atoms with E-state index in [1.54, 1.807) is 11.3 Å². The molecular formula is C23H25F3N2O6S2. The Kier molecular flexibility index (Phi) is 9.28. The maximum atomic E-state index is 11.0. The van der Waals surface area contributed by atoms with Gasteiger partial charge in [0.25, 0.3) is 5.19 Å². The van der Waals surface area contributed by atoms with Crippen LogP contribution in [0.3, 0.4) is 0 Å². The molecule has 0 spiro atoms. The summed E-state index contributed by atoms with van der Waals surface area (Å²) in [6.07, 6.45) is 4.41. The number of aliphatic carboxylic acids is 1. The average Bonchev–Trinajstić information content (AvgIpc) is 3.22. The highest BCUT2D eigenvalue weighted by atomic mass is 32.2. The van der Waals surface area contributed by atoms with Crippen molar-refractivity contribution in [2.45, 2.75) is 43.7 Å². The number of carboxylic acids is 1. The molecule has 3 N–H and O–H groups in total. The zero-order chi connectivity index (χ0) is 26.3. The molecule has 1 aromatic heterocycles. The van der Waals surface area contributed by atoms with Gasteiger partial charge in [-0.2, -0.15) is 21.6 Å². The molecule has 0 unspecified atom stereocenters. The number of hydrogen-bond acceptors (Lipinski definition) is 7. The first kappa shape index (κ1) is 27.8. The first-order valence-corrected chi connectivity index (χ1v) is 13.3. The van der Waals surface area contributed by atoms with E-state index in [9.17, 15) is 18.0 Å². The second-order valence-corrected chi connectivity index (χ2v) is 10.6. The van der Waals surface area contributed by atoms with Gasteiger partial charge in [-0.05, 0) is 68.5 Å². The summed E-state index contributed by atoms with van der Waals surface area (Å²) in [6, 6.07) is 16.6. The van der Waals surface area contributed by atoms with Crippen LogP contribution in [-0.2, 0) is 21.3 Å². The number of fused-ring (bicyclic) bond motifs is 1. The SMILES string of the molecule is O=C(O)C1CCC(NCCc2ccc(Oc3nc4ccccc4s3)cc2)CC1.O=S(=O)(O)C(F)(F)F. The smallest absolute Gasteiger partial charge is 0.481 e. The number of ether oxygens (including phenoxy) is 1.